The largest absolute Gasteiger partial charge is 0.506 e. The fraction of sp³-hybridized carbons (Fsp3) is 0.200. The van der Waals surface area contributed by atoms with Gasteiger partial charge in [-0.1, -0.05) is 17.7 Å². The van der Waals surface area contributed by atoms with E-state index < -0.39 is 9.84 Å². The van der Waals surface area contributed by atoms with Crippen LogP contribution < -0.4 is 5.32 Å². The summed E-state index contributed by atoms with van der Waals surface area (Å²) < 4.78 is 22.3. The van der Waals surface area contributed by atoms with Gasteiger partial charge in [-0.2, -0.15) is 0 Å². The Balaban J connectivity index is 2.17. The van der Waals surface area contributed by atoms with Gasteiger partial charge in [0, 0.05) is 10.4 Å². The lowest BCUT2D eigenvalue weighted by Gasteiger charge is -2.12. The second-order valence-corrected chi connectivity index (χ2v) is 5.94. The Morgan fingerprint density at radius 1 is 1.44 bits per heavy atom. The van der Waals surface area contributed by atoms with Crippen LogP contribution in [0, 0.1) is 0 Å². The van der Waals surface area contributed by atoms with Gasteiger partial charge in [0.2, 0.25) is 0 Å². The third-order valence-electron chi connectivity index (χ3n) is 2.23. The van der Waals surface area contributed by atoms with Gasteiger partial charge >= 0.3 is 0 Å². The van der Waals surface area contributed by atoms with Crippen LogP contribution >= 0.6 is 11.6 Å². The van der Waals surface area contributed by atoms with Gasteiger partial charge in [-0.05, 0) is 18.2 Å². The molecule has 0 saturated heterocycles. The first-order chi connectivity index (χ1) is 7.46. The molecule has 0 bridgehead atoms. The molecule has 0 aromatic heterocycles. The highest BCUT2D eigenvalue weighted by Crippen LogP contribution is 2.28. The van der Waals surface area contributed by atoms with E-state index in [1.807, 2.05) is 0 Å². The van der Waals surface area contributed by atoms with Crippen LogP contribution in [-0.2, 0) is 9.84 Å². The molecule has 1 aromatic carbocycles. The second-order valence-electron chi connectivity index (χ2n) is 3.57. The van der Waals surface area contributed by atoms with Crippen LogP contribution in [0.25, 0.3) is 0 Å². The van der Waals surface area contributed by atoms with Gasteiger partial charge in [0.25, 0.3) is 0 Å². The summed E-state index contributed by atoms with van der Waals surface area (Å²) in [5.41, 5.74) is 0.430. The van der Waals surface area contributed by atoms with Crippen LogP contribution in [0.2, 0.25) is 5.02 Å². The maximum atomic E-state index is 11.2. The number of rotatable bonds is 2. The Morgan fingerprint density at radius 2 is 2.19 bits per heavy atom. The van der Waals surface area contributed by atoms with Crippen LogP contribution in [0.1, 0.15) is 0 Å². The van der Waals surface area contributed by atoms with Crippen molar-refractivity contribution in [1.29, 1.82) is 0 Å². The van der Waals surface area contributed by atoms with E-state index in [0.29, 0.717) is 10.7 Å². The molecular formula is C10H10ClNO3S. The van der Waals surface area contributed by atoms with Crippen molar-refractivity contribution in [3.63, 3.8) is 0 Å². The molecule has 1 heterocycles. The molecule has 1 aliphatic rings. The third kappa shape index (κ3) is 2.48. The van der Waals surface area contributed by atoms with E-state index in [1.54, 1.807) is 18.2 Å². The number of nitrogens with one attached hydrogen (secondary N) is 1. The van der Waals surface area contributed by atoms with Crippen molar-refractivity contribution in [2.45, 2.75) is 6.04 Å². The summed E-state index contributed by atoms with van der Waals surface area (Å²) in [7, 11) is -3.10. The molecule has 6 heteroatoms. The topological polar surface area (TPSA) is 66.4 Å². The Morgan fingerprint density at radius 3 is 2.81 bits per heavy atom. The number of hydrogen-bond acceptors (Lipinski definition) is 4. The molecule has 86 valence electrons. The van der Waals surface area contributed by atoms with E-state index in [0.717, 1.165) is 0 Å². The molecule has 0 radical (unpaired) electrons. The lowest BCUT2D eigenvalue weighted by molar-refractivity contribution is 0.477. The van der Waals surface area contributed by atoms with Crippen LogP contribution in [0.3, 0.4) is 0 Å². The maximum Gasteiger partial charge on any atom is 0.173 e. The summed E-state index contributed by atoms with van der Waals surface area (Å²) in [6, 6.07) is 4.24. The molecule has 0 saturated carbocycles. The first-order valence-corrected chi connectivity index (χ1v) is 6.72. The second kappa shape index (κ2) is 3.99. The van der Waals surface area contributed by atoms with E-state index in [9.17, 15) is 13.5 Å². The number of phenolic OH excluding ortho intramolecular Hbond substituents is 1. The number of benzene rings is 1. The van der Waals surface area contributed by atoms with Gasteiger partial charge in [0.05, 0.1) is 17.5 Å². The molecule has 2 N–H and O–H groups in total. The van der Waals surface area contributed by atoms with E-state index in [1.165, 1.54) is 11.5 Å². The van der Waals surface area contributed by atoms with Gasteiger partial charge in [0.1, 0.15) is 5.75 Å². The summed E-state index contributed by atoms with van der Waals surface area (Å²) in [5.74, 6) is 0.0426. The number of aromatic hydroxyl groups is 1. The number of sulfone groups is 1. The zero-order valence-corrected chi connectivity index (χ0v) is 9.79. The molecule has 2 rings (SSSR count). The normalized spacial score (nSPS) is 22.2. The van der Waals surface area contributed by atoms with E-state index in [2.05, 4.69) is 5.32 Å². The van der Waals surface area contributed by atoms with Crippen LogP contribution in [0.15, 0.2) is 29.7 Å². The zero-order valence-electron chi connectivity index (χ0n) is 8.22. The minimum Gasteiger partial charge on any atom is -0.506 e. The van der Waals surface area contributed by atoms with E-state index >= 15 is 0 Å². The van der Waals surface area contributed by atoms with Crippen LogP contribution in [-0.4, -0.2) is 25.3 Å². The molecule has 0 amide bonds. The molecule has 1 aromatic rings. The molecule has 1 aliphatic heterocycles. The summed E-state index contributed by atoms with van der Waals surface area (Å²) in [6.07, 6.45) is 1.55. The minimum absolute atomic E-state index is 0.00104. The molecule has 0 unspecified atom stereocenters. The lowest BCUT2D eigenvalue weighted by Crippen LogP contribution is -2.20. The fourth-order valence-electron chi connectivity index (χ4n) is 1.49. The first-order valence-electron chi connectivity index (χ1n) is 4.62. The summed E-state index contributed by atoms with van der Waals surface area (Å²) in [4.78, 5) is 0. The predicted octanol–water partition coefficient (Wildman–Crippen LogP) is 1.77. The SMILES string of the molecule is O=S1(=O)C=C[C@H](Nc2cc(Cl)ccc2O)C1. The van der Waals surface area contributed by atoms with E-state index in [4.69, 9.17) is 11.6 Å². The van der Waals surface area contributed by atoms with Crippen molar-refractivity contribution in [3.05, 3.63) is 34.7 Å². The highest BCUT2D eigenvalue weighted by atomic mass is 35.5. The van der Waals surface area contributed by atoms with Crippen molar-refractivity contribution in [3.8, 4) is 5.75 Å². The van der Waals surface area contributed by atoms with Crippen molar-refractivity contribution in [2.75, 3.05) is 11.1 Å². The molecule has 4 nitrogen and oxygen atoms in total. The third-order valence-corrected chi connectivity index (χ3v) is 3.86. The number of phenols is 1. The highest BCUT2D eigenvalue weighted by molar-refractivity contribution is 7.94. The van der Waals surface area contributed by atoms with E-state index in [-0.39, 0.29) is 17.5 Å². The highest BCUT2D eigenvalue weighted by Gasteiger charge is 2.22. The Kier molecular flexibility index (Phi) is 2.82. The van der Waals surface area contributed by atoms with Crippen molar-refractivity contribution in [1.82, 2.24) is 0 Å². The van der Waals surface area contributed by atoms with Gasteiger partial charge in [-0.15, -0.1) is 0 Å². The molecule has 16 heavy (non-hydrogen) atoms. The predicted molar refractivity (Wildman–Crippen MR) is 63.5 cm³/mol. The Bertz CT molecular complexity index is 539. The summed E-state index contributed by atoms with van der Waals surface area (Å²) in [6.45, 7) is 0. The van der Waals surface area contributed by atoms with Crippen molar-refractivity contribution < 1.29 is 13.5 Å². The average molecular weight is 260 g/mol. The standard InChI is InChI=1S/C10H10ClNO3S/c11-7-1-2-10(13)9(5-7)12-8-3-4-16(14,15)6-8/h1-5,8,12-13H,6H2/t8-/m0/s1. The Hall–Kier alpha value is -1.20. The number of halogens is 1. The monoisotopic (exact) mass is 259 g/mol. The lowest BCUT2D eigenvalue weighted by atomic mass is 10.2. The van der Waals surface area contributed by atoms with Crippen molar-refractivity contribution >= 4 is 27.1 Å². The number of anilines is 1. The van der Waals surface area contributed by atoms with Crippen LogP contribution in [0.4, 0.5) is 5.69 Å². The molecule has 1 atom stereocenters. The van der Waals surface area contributed by atoms with Gasteiger partial charge < -0.3 is 10.4 Å². The molecule has 0 spiro atoms. The fourth-order valence-corrected chi connectivity index (χ4v) is 2.90. The van der Waals surface area contributed by atoms with Crippen molar-refractivity contribution in [2.24, 2.45) is 0 Å². The van der Waals surface area contributed by atoms with Gasteiger partial charge in [0.15, 0.2) is 9.84 Å². The maximum absolute atomic E-state index is 11.2. The Labute approximate surface area is 98.5 Å². The smallest absolute Gasteiger partial charge is 0.173 e. The van der Waals surface area contributed by atoms with Crippen LogP contribution in [0.5, 0.6) is 5.75 Å². The molecule has 0 aliphatic carbocycles. The zero-order chi connectivity index (χ0) is 11.8. The average Bonchev–Trinajstić information content (AvgIpc) is 2.52. The van der Waals surface area contributed by atoms with Gasteiger partial charge in [-0.25, -0.2) is 8.42 Å². The summed E-state index contributed by atoms with van der Waals surface area (Å²) >= 11 is 5.77. The quantitative estimate of drug-likeness (QED) is 0.795. The van der Waals surface area contributed by atoms with Gasteiger partial charge in [-0.3, -0.25) is 0 Å². The first kappa shape index (κ1) is 11.3. The molecular weight excluding hydrogens is 250 g/mol. The minimum atomic E-state index is -3.10. The number of hydrogen-bond donors (Lipinski definition) is 2. The summed E-state index contributed by atoms with van der Waals surface area (Å²) in [5, 5.41) is 14.1. The molecule has 0 fully saturated rings.